The van der Waals surface area contributed by atoms with Gasteiger partial charge in [-0.1, -0.05) is 0 Å². The van der Waals surface area contributed by atoms with Crippen LogP contribution in [0.15, 0.2) is 4.99 Å². The lowest BCUT2D eigenvalue weighted by Crippen LogP contribution is -2.09. The van der Waals surface area contributed by atoms with Crippen LogP contribution in [0.5, 0.6) is 0 Å². The second-order valence-corrected chi connectivity index (χ2v) is 1.52. The Morgan fingerprint density at radius 2 is 1.78 bits per heavy atom. The van der Waals surface area contributed by atoms with Gasteiger partial charge in [-0.25, -0.2) is 9.79 Å². The van der Waals surface area contributed by atoms with Crippen LogP contribution < -0.4 is 0 Å². The molecule has 50 valence electrons. The zero-order chi connectivity index (χ0) is 7.44. The number of nitrogens with zero attached hydrogens (tertiary/aromatic N) is 1. The van der Waals surface area contributed by atoms with Crippen molar-refractivity contribution in [3.05, 3.63) is 0 Å². The van der Waals surface area contributed by atoms with Crippen LogP contribution in [-0.2, 0) is 9.59 Å². The molecule has 0 bridgehead atoms. The molecule has 0 aromatic heterocycles. The van der Waals surface area contributed by atoms with E-state index >= 15 is 0 Å². The number of amides is 1. The number of carboxylic acid groups (broad SMARTS) is 1. The predicted molar refractivity (Wildman–Crippen MR) is 31.4 cm³/mol. The minimum atomic E-state index is -1.16. The average Bonchev–Trinajstić information content (AvgIpc) is 1.63. The molecule has 4 nitrogen and oxygen atoms in total. The second-order valence-electron chi connectivity index (χ2n) is 1.52. The Bertz CT molecular complexity index is 171. The SMILES string of the molecule is CC(=O)N=C(C)C(=O)O. The fourth-order valence-electron chi connectivity index (χ4n) is 0.284. The van der Waals surface area contributed by atoms with Gasteiger partial charge in [0.25, 0.3) is 0 Å². The lowest BCUT2D eigenvalue weighted by Gasteiger charge is -1.86. The molecule has 0 aliphatic carbocycles. The van der Waals surface area contributed by atoms with E-state index in [0.29, 0.717) is 0 Å². The van der Waals surface area contributed by atoms with Crippen molar-refractivity contribution in [1.29, 1.82) is 0 Å². The average molecular weight is 129 g/mol. The van der Waals surface area contributed by atoms with Crippen LogP contribution in [0.25, 0.3) is 0 Å². The minimum absolute atomic E-state index is 0.178. The van der Waals surface area contributed by atoms with Gasteiger partial charge in [0.1, 0.15) is 5.71 Å². The molecule has 0 aliphatic heterocycles. The molecule has 0 radical (unpaired) electrons. The van der Waals surface area contributed by atoms with E-state index in [9.17, 15) is 9.59 Å². The van der Waals surface area contributed by atoms with Gasteiger partial charge in [0.15, 0.2) is 0 Å². The summed E-state index contributed by atoms with van der Waals surface area (Å²) in [7, 11) is 0. The summed E-state index contributed by atoms with van der Waals surface area (Å²) in [5.41, 5.74) is -0.178. The molecule has 1 N–H and O–H groups in total. The summed E-state index contributed by atoms with van der Waals surface area (Å²) in [5, 5.41) is 8.15. The third-order valence-corrected chi connectivity index (χ3v) is 0.635. The molecule has 9 heavy (non-hydrogen) atoms. The van der Waals surface area contributed by atoms with Crippen LogP contribution >= 0.6 is 0 Å². The molecule has 0 rings (SSSR count). The normalized spacial score (nSPS) is 11.1. The maximum Gasteiger partial charge on any atom is 0.350 e. The predicted octanol–water partition coefficient (Wildman–Crippen LogP) is 0.0784. The van der Waals surface area contributed by atoms with Gasteiger partial charge in [0.2, 0.25) is 5.91 Å². The number of aliphatic carboxylic acids is 1. The first-order valence-electron chi connectivity index (χ1n) is 2.33. The molecule has 0 atom stereocenters. The van der Waals surface area contributed by atoms with E-state index in [-0.39, 0.29) is 5.71 Å². The van der Waals surface area contributed by atoms with Gasteiger partial charge < -0.3 is 5.11 Å². The quantitative estimate of drug-likeness (QED) is 0.510. The van der Waals surface area contributed by atoms with Crippen molar-refractivity contribution in [2.45, 2.75) is 13.8 Å². The highest BCUT2D eigenvalue weighted by Crippen LogP contribution is 1.78. The lowest BCUT2D eigenvalue weighted by molar-refractivity contribution is -0.129. The fraction of sp³-hybridized carbons (Fsp3) is 0.400. The Labute approximate surface area is 52.2 Å². The topological polar surface area (TPSA) is 66.7 Å². The zero-order valence-corrected chi connectivity index (χ0v) is 5.21. The number of aliphatic imine (C=N–C) groups is 1. The van der Waals surface area contributed by atoms with E-state index in [2.05, 4.69) is 4.99 Å². The number of carbonyl (C=O) groups is 2. The Kier molecular flexibility index (Phi) is 2.57. The van der Waals surface area contributed by atoms with Gasteiger partial charge in [-0.2, -0.15) is 0 Å². The standard InChI is InChI=1S/C5H7NO3/c1-3(5(8)9)6-4(2)7/h1-2H3,(H,8,9). The number of hydrogen-bond donors (Lipinski definition) is 1. The van der Waals surface area contributed by atoms with Gasteiger partial charge in [-0.05, 0) is 6.92 Å². The van der Waals surface area contributed by atoms with Gasteiger partial charge in [0.05, 0.1) is 0 Å². The van der Waals surface area contributed by atoms with Crippen molar-refractivity contribution in [2.75, 3.05) is 0 Å². The third kappa shape index (κ3) is 3.40. The highest BCUT2D eigenvalue weighted by Gasteiger charge is 2.00. The van der Waals surface area contributed by atoms with Crippen LogP contribution in [-0.4, -0.2) is 22.7 Å². The molecule has 0 saturated carbocycles. The summed E-state index contributed by atoms with van der Waals surface area (Å²) in [6.07, 6.45) is 0. The summed E-state index contributed by atoms with van der Waals surface area (Å²) >= 11 is 0. The maximum absolute atomic E-state index is 10.1. The van der Waals surface area contributed by atoms with E-state index in [1.165, 1.54) is 13.8 Å². The van der Waals surface area contributed by atoms with Gasteiger partial charge in [-0.3, -0.25) is 4.79 Å². The lowest BCUT2D eigenvalue weighted by atomic mass is 10.4. The van der Waals surface area contributed by atoms with E-state index in [0.717, 1.165) is 0 Å². The zero-order valence-electron chi connectivity index (χ0n) is 5.21. The molecular weight excluding hydrogens is 122 g/mol. The monoisotopic (exact) mass is 129 g/mol. The van der Waals surface area contributed by atoms with Crippen molar-refractivity contribution >= 4 is 17.6 Å². The van der Waals surface area contributed by atoms with Crippen LogP contribution in [0.1, 0.15) is 13.8 Å². The van der Waals surface area contributed by atoms with Crippen LogP contribution in [0, 0.1) is 0 Å². The molecule has 0 aromatic rings. The molecule has 0 aliphatic rings. The van der Waals surface area contributed by atoms with Crippen molar-refractivity contribution in [1.82, 2.24) is 0 Å². The van der Waals surface area contributed by atoms with E-state index in [1.807, 2.05) is 0 Å². The number of carbonyl (C=O) groups excluding carboxylic acids is 1. The molecule has 0 heterocycles. The van der Waals surface area contributed by atoms with Gasteiger partial charge in [-0.15, -0.1) is 0 Å². The molecule has 0 saturated heterocycles. The summed E-state index contributed by atoms with van der Waals surface area (Å²) in [5.74, 6) is -1.65. The maximum atomic E-state index is 10.1. The van der Waals surface area contributed by atoms with Gasteiger partial charge in [0, 0.05) is 6.92 Å². The Hall–Kier alpha value is -1.19. The highest BCUT2D eigenvalue weighted by molar-refractivity contribution is 6.36. The Morgan fingerprint density at radius 1 is 1.33 bits per heavy atom. The van der Waals surface area contributed by atoms with E-state index < -0.39 is 11.9 Å². The van der Waals surface area contributed by atoms with Crippen molar-refractivity contribution in [2.24, 2.45) is 4.99 Å². The molecule has 0 unspecified atom stereocenters. The van der Waals surface area contributed by atoms with Crippen LogP contribution in [0.2, 0.25) is 0 Å². The smallest absolute Gasteiger partial charge is 0.350 e. The summed E-state index contributed by atoms with van der Waals surface area (Å²) in [4.78, 5) is 23.2. The van der Waals surface area contributed by atoms with E-state index in [4.69, 9.17) is 5.11 Å². The molecule has 0 fully saturated rings. The first kappa shape index (κ1) is 7.81. The molecule has 0 spiro atoms. The highest BCUT2D eigenvalue weighted by atomic mass is 16.4. The Balaban J connectivity index is 4.17. The number of hydrogen-bond acceptors (Lipinski definition) is 2. The Morgan fingerprint density at radius 3 is 1.89 bits per heavy atom. The minimum Gasteiger partial charge on any atom is -0.477 e. The van der Waals surface area contributed by atoms with Crippen molar-refractivity contribution in [3.63, 3.8) is 0 Å². The second kappa shape index (κ2) is 2.96. The fourth-order valence-corrected chi connectivity index (χ4v) is 0.284. The summed E-state index contributed by atoms with van der Waals surface area (Å²) < 4.78 is 0. The molecular formula is C5H7NO3. The largest absolute Gasteiger partial charge is 0.477 e. The number of carboxylic acids is 1. The summed E-state index contributed by atoms with van der Waals surface area (Å²) in [6.45, 7) is 2.47. The first-order valence-corrected chi connectivity index (χ1v) is 2.33. The van der Waals surface area contributed by atoms with Crippen molar-refractivity contribution in [3.8, 4) is 0 Å². The number of rotatable bonds is 1. The van der Waals surface area contributed by atoms with Crippen molar-refractivity contribution < 1.29 is 14.7 Å². The van der Waals surface area contributed by atoms with Crippen LogP contribution in [0.3, 0.4) is 0 Å². The van der Waals surface area contributed by atoms with E-state index in [1.54, 1.807) is 0 Å². The third-order valence-electron chi connectivity index (χ3n) is 0.635. The molecule has 4 heteroatoms. The molecule has 1 amide bonds. The first-order chi connectivity index (χ1) is 4.04. The summed E-state index contributed by atoms with van der Waals surface area (Å²) in [6, 6.07) is 0. The van der Waals surface area contributed by atoms with Crippen LogP contribution in [0.4, 0.5) is 0 Å². The molecule has 0 aromatic carbocycles. The van der Waals surface area contributed by atoms with Gasteiger partial charge >= 0.3 is 5.97 Å².